The van der Waals surface area contributed by atoms with Gasteiger partial charge < -0.3 is 80.9 Å². The molecule has 4 heterocycles. The van der Waals surface area contributed by atoms with E-state index in [4.69, 9.17) is 58.6 Å². The Kier molecular flexibility index (Phi) is 25.8. The Morgan fingerprint density at radius 2 is 1.38 bits per heavy atom. The molecule has 2 fully saturated rings. The summed E-state index contributed by atoms with van der Waals surface area (Å²) in [6.45, 7) is 12.7. The van der Waals surface area contributed by atoms with Crippen molar-refractivity contribution in [3.8, 4) is 11.5 Å². The number of carbonyl (C=O) groups excluding carboxylic acids is 8. The number of aryl methyl sites for hydroxylation is 2. The fourth-order valence-electron chi connectivity index (χ4n) is 14.6. The third-order valence-electron chi connectivity index (χ3n) is 20.0. The van der Waals surface area contributed by atoms with Gasteiger partial charge in [-0.25, -0.2) is 23.7 Å². The monoisotopic (exact) mass is 1490 g/mol. The van der Waals surface area contributed by atoms with E-state index in [1.54, 1.807) is 48.3 Å². The number of alkyl halides is 5. The van der Waals surface area contributed by atoms with Gasteiger partial charge >= 0.3 is 38.2 Å². The molecule has 4 aliphatic rings. The molecular weight excluding hydrogens is 1400 g/mol. The molecule has 5 aromatic rings. The van der Waals surface area contributed by atoms with Crippen molar-refractivity contribution < 1.29 is 89.8 Å². The van der Waals surface area contributed by atoms with Crippen molar-refractivity contribution in [1.29, 1.82) is 0 Å². The molecule has 7 amide bonds. The van der Waals surface area contributed by atoms with E-state index in [1.165, 1.54) is 22.8 Å². The molecule has 2 aliphatic carbocycles. The van der Waals surface area contributed by atoms with Crippen molar-refractivity contribution in [2.24, 2.45) is 46.0 Å². The van der Waals surface area contributed by atoms with Crippen LogP contribution in [-0.2, 0) is 44.7 Å². The number of nitrogens with two attached hydrogens (primary N) is 2. The molecule has 102 heavy (non-hydrogen) atoms. The molecule has 9 rings (SSSR count). The number of nitrogens with one attached hydrogen (secondary N) is 5. The summed E-state index contributed by atoms with van der Waals surface area (Å²) in [7, 11) is -1.90. The van der Waals surface area contributed by atoms with Crippen molar-refractivity contribution in [3.63, 3.8) is 0 Å². The van der Waals surface area contributed by atoms with Gasteiger partial charge in [0.2, 0.25) is 17.7 Å². The van der Waals surface area contributed by atoms with E-state index in [-0.39, 0.29) is 134 Å². The zero-order valence-corrected chi connectivity index (χ0v) is 60.6. The number of carboxylic acids is 1. The predicted octanol–water partition coefficient (Wildman–Crippen LogP) is 10.2. The highest BCUT2D eigenvalue weighted by Crippen LogP contribution is 2.79. The minimum atomic E-state index is -5.08. The molecule has 0 bridgehead atoms. The summed E-state index contributed by atoms with van der Waals surface area (Å²) in [6.07, 6.45) is 1.51. The van der Waals surface area contributed by atoms with Gasteiger partial charge in [0.1, 0.15) is 12.4 Å². The topological polar surface area (TPSA) is 392 Å². The number of anilines is 3. The first kappa shape index (κ1) is 79.6. The van der Waals surface area contributed by atoms with Gasteiger partial charge in [0.15, 0.2) is 17.3 Å². The Morgan fingerprint density at radius 3 is 1.89 bits per heavy atom. The maximum Gasteiger partial charge on any atom is 0.524 e. The van der Waals surface area contributed by atoms with Gasteiger partial charge in [-0.3, -0.25) is 29.0 Å². The van der Waals surface area contributed by atoms with E-state index in [0.717, 1.165) is 39.7 Å². The number of primary amides is 1. The van der Waals surface area contributed by atoms with Crippen LogP contribution in [0.3, 0.4) is 0 Å². The third-order valence-corrected chi connectivity index (χ3v) is 21.1. The number of halogens is 5. The van der Waals surface area contributed by atoms with E-state index in [1.807, 2.05) is 52.9 Å². The molecule has 0 saturated heterocycles. The molecule has 8 atom stereocenters. The van der Waals surface area contributed by atoms with E-state index in [2.05, 4.69) is 25.9 Å². The number of amides is 7. The maximum atomic E-state index is 15.2. The van der Waals surface area contributed by atoms with E-state index >= 15 is 9.59 Å². The normalized spacial score (nSPS) is 19.6. The number of phosphoric acid groups is 1. The number of benzene rings is 3. The Bertz CT molecular complexity index is 4020. The van der Waals surface area contributed by atoms with Crippen LogP contribution in [-0.4, -0.2) is 172 Å². The number of hydrogen-bond acceptors (Lipinski definition) is 15. The molecule has 33 heteroatoms. The third kappa shape index (κ3) is 17.9. The molecular formula is C69H91Cl2F3N11O16P. The lowest BCUT2D eigenvalue weighted by Crippen LogP contribution is -2.56. The van der Waals surface area contributed by atoms with Crippen LogP contribution >= 0.6 is 31.0 Å². The number of carbonyl (C=O) groups is 9. The molecule has 2 saturated carbocycles. The highest BCUT2D eigenvalue weighted by Gasteiger charge is 2.81. The van der Waals surface area contributed by atoms with E-state index in [9.17, 15) is 56.3 Å². The van der Waals surface area contributed by atoms with E-state index < -0.39 is 61.0 Å². The highest BCUT2D eigenvalue weighted by molar-refractivity contribution is 7.46. The summed E-state index contributed by atoms with van der Waals surface area (Å²) in [5.41, 5.74) is 15.9. The lowest BCUT2D eigenvalue weighted by Gasteiger charge is -2.47. The molecule has 3 unspecified atom stereocenters. The molecule has 12 N–H and O–H groups in total. The zero-order chi connectivity index (χ0) is 75.1. The second-order valence-electron chi connectivity index (χ2n) is 27.5. The largest absolute Gasteiger partial charge is 0.524 e. The minimum absolute atomic E-state index is 0.0510. The smallest absolute Gasteiger partial charge is 0.475 e. The van der Waals surface area contributed by atoms with Crippen molar-refractivity contribution in [3.05, 3.63) is 76.6 Å². The van der Waals surface area contributed by atoms with Gasteiger partial charge in [0.25, 0.3) is 0 Å². The van der Waals surface area contributed by atoms with Gasteiger partial charge in [0, 0.05) is 137 Å². The number of aromatic nitrogens is 2. The Balaban J connectivity index is 0.00000179. The number of fused-ring (bicyclic) bond motifs is 7. The Morgan fingerprint density at radius 1 is 0.824 bits per heavy atom. The van der Waals surface area contributed by atoms with Crippen molar-refractivity contribution in [2.75, 3.05) is 86.8 Å². The van der Waals surface area contributed by atoms with Crippen LogP contribution in [0.15, 0.2) is 48.8 Å². The first-order chi connectivity index (χ1) is 48.0. The zero-order valence-electron chi connectivity index (χ0n) is 58.2. The second-order valence-corrected chi connectivity index (χ2v) is 29.3. The summed E-state index contributed by atoms with van der Waals surface area (Å²) >= 11 is 13.3. The molecule has 27 nitrogen and oxygen atoms in total. The lowest BCUT2D eigenvalue weighted by atomic mass is 9.59. The number of ether oxygens (including phenoxy) is 2. The first-order valence-corrected chi connectivity index (χ1v) is 36.4. The number of carboxylic acid groups (broad SMARTS) is 1. The molecule has 2 aliphatic heterocycles. The standard InChI is InChI=1S/C67H90Cl2N11O14P.C2HF3O2/c1-9-66(61(84)79-33-44(28-68)56-48(79)26-51(94-95(89,90)91)59-54(56)39(5)31-75-59)36-67(27-52(66)67)62(85)80-34-45(29-69)55-47(80)25-50(58-53(55)38(4)30-74-58)93-65(88)78(8)22-21-77(7)64(87)92-35-41-15-17-46(18-16-41)73-32-42(13-12-20-72-63(71)86)24-49(82)57(37(2)3)76-60(83)43(23-40(6)81)14-10-11-19-70;3-2(4,5)1(6)7/h15-18,25-26,30-31,37,42-45,52,57,73-75H,9-14,19-24,27-29,32-36,70H2,1-8H3,(H,76,83)(H3,71,72,86)(H2,89,90,91);(H,6,7)/t42-,43-,44-,45-,52?,57+,66?,67?;/m1./s1. The number of aliphatic carboxylic acids is 1. The summed E-state index contributed by atoms with van der Waals surface area (Å²) in [4.78, 5) is 150. The van der Waals surface area contributed by atoms with Crippen LogP contribution in [0.1, 0.15) is 132 Å². The number of H-pyrrole nitrogens is 2. The predicted molar refractivity (Wildman–Crippen MR) is 377 cm³/mol. The van der Waals surface area contributed by atoms with Crippen LogP contribution in [0, 0.1) is 48.3 Å². The quantitative estimate of drug-likeness (QED) is 0.0109. The fraction of sp³-hybridized carbons (Fsp3) is 0.551. The van der Waals surface area contributed by atoms with Crippen LogP contribution in [0.2, 0.25) is 0 Å². The number of nitrogens with zero attached hydrogens (tertiary/aromatic N) is 4. The average molecular weight is 1490 g/mol. The van der Waals surface area contributed by atoms with Gasteiger partial charge in [0.05, 0.1) is 39.3 Å². The van der Waals surface area contributed by atoms with Crippen LogP contribution < -0.4 is 46.5 Å². The SMILES string of the molecule is CCC1(C(=O)N2C[C@@H](CCl)c3c2cc(OP(=O)(O)O)c2[nH]cc(C)c32)CC2(C(=O)N3C[C@@H](CCl)c4c3cc(OC(=O)N(C)CCN(C)C(=O)OCc3ccc(NC[C@H](CCCNC(N)=O)CC(=O)[C@@H](NC(=O)[C@H](CCCCN)CC(C)=O)C(C)C)cc3)c3[nH]cc(C)c43)CC21.O=C(O)C(F)(F)F. The second kappa shape index (κ2) is 33.1. The summed E-state index contributed by atoms with van der Waals surface area (Å²) in [5, 5.41) is 17.5. The minimum Gasteiger partial charge on any atom is -0.475 e. The summed E-state index contributed by atoms with van der Waals surface area (Å²) < 4.78 is 60.9. The number of Topliss-reactive ketones (excluding diaryl/α,β-unsaturated/α-hetero) is 2. The molecule has 558 valence electrons. The summed E-state index contributed by atoms with van der Waals surface area (Å²) in [6, 6.07) is 9.03. The molecule has 0 radical (unpaired) electrons. The number of unbranched alkanes of at least 4 members (excludes halogenated alkanes) is 1. The fourth-order valence-corrected chi connectivity index (χ4v) is 15.5. The number of hydrogen-bond donors (Lipinski definition) is 10. The molecule has 0 spiro atoms. The molecule has 3 aromatic carbocycles. The average Bonchev–Trinajstić information content (AvgIpc) is 1.48. The van der Waals surface area contributed by atoms with Crippen molar-refractivity contribution >= 4 is 123 Å². The van der Waals surface area contributed by atoms with Gasteiger partial charge in [-0.15, -0.1) is 23.2 Å². The van der Waals surface area contributed by atoms with Crippen molar-refractivity contribution in [1.82, 2.24) is 30.4 Å². The number of urea groups is 1. The number of likely N-dealkylation sites (N-methyl/N-ethyl adjacent to an activating group) is 2. The van der Waals surface area contributed by atoms with Gasteiger partial charge in [-0.1, -0.05) is 39.3 Å². The first-order valence-electron chi connectivity index (χ1n) is 33.8. The Labute approximate surface area is 598 Å². The number of rotatable bonds is 32. The number of ketones is 2. The van der Waals surface area contributed by atoms with Gasteiger partial charge in [-0.05, 0) is 130 Å². The Hall–Kier alpha value is -8.15. The van der Waals surface area contributed by atoms with Crippen LogP contribution in [0.25, 0.3) is 21.8 Å². The lowest BCUT2D eigenvalue weighted by molar-refractivity contribution is -0.192. The summed E-state index contributed by atoms with van der Waals surface area (Å²) in [5.74, 6) is -5.01. The maximum absolute atomic E-state index is 15.2. The molecule has 2 aromatic heterocycles. The van der Waals surface area contributed by atoms with Gasteiger partial charge in [-0.2, -0.15) is 13.2 Å². The highest BCUT2D eigenvalue weighted by atomic mass is 35.5. The van der Waals surface area contributed by atoms with E-state index in [0.29, 0.717) is 91.5 Å². The number of aromatic amines is 2. The van der Waals surface area contributed by atoms with Crippen LogP contribution in [0.5, 0.6) is 11.5 Å². The van der Waals surface area contributed by atoms with Crippen LogP contribution in [0.4, 0.5) is 44.6 Å². The number of phosphoric ester groups is 1. The van der Waals surface area contributed by atoms with Crippen molar-refractivity contribution in [2.45, 2.75) is 136 Å².